The van der Waals surface area contributed by atoms with Crippen molar-refractivity contribution in [3.63, 3.8) is 0 Å². The molecule has 30 heavy (non-hydrogen) atoms. The van der Waals surface area contributed by atoms with Crippen molar-refractivity contribution < 1.29 is 28.6 Å². The summed E-state index contributed by atoms with van der Waals surface area (Å²) in [6.45, 7) is 6.99. The summed E-state index contributed by atoms with van der Waals surface area (Å²) >= 11 is 3.30. The zero-order valence-corrected chi connectivity index (χ0v) is 19.7. The van der Waals surface area contributed by atoms with Crippen LogP contribution < -0.4 is 0 Å². The molecule has 0 unspecified atom stereocenters. The predicted molar refractivity (Wildman–Crippen MR) is 122 cm³/mol. The Hall–Kier alpha value is -1.71. The van der Waals surface area contributed by atoms with Gasteiger partial charge >= 0.3 is 11.9 Å². The number of carbonyl (C=O) groups is 2. The average Bonchev–Trinajstić information content (AvgIpc) is 2.71. The van der Waals surface area contributed by atoms with Gasteiger partial charge in [0.2, 0.25) is 0 Å². The van der Waals surface area contributed by atoms with Crippen molar-refractivity contribution in [1.82, 2.24) is 0 Å². The Bertz CT molecular complexity index is 652. The Morgan fingerprint density at radius 3 is 2.10 bits per heavy atom. The number of ether oxygens (including phenoxy) is 3. The topological polar surface area (TPSA) is 83.4 Å². The SMILES string of the molecule is CCSC(SCC)[C@H](OC(C)=O)[C@H](OCc1ccccc1)[C@@H](/C=N/OC)OC(C)=O. The molecule has 1 aromatic rings. The molecule has 0 saturated carbocycles. The third-order valence-electron chi connectivity index (χ3n) is 3.78. The van der Waals surface area contributed by atoms with Gasteiger partial charge in [-0.05, 0) is 17.1 Å². The molecule has 9 heteroatoms. The van der Waals surface area contributed by atoms with Crippen LogP contribution in [0.2, 0.25) is 0 Å². The van der Waals surface area contributed by atoms with Crippen molar-refractivity contribution in [2.75, 3.05) is 18.6 Å². The van der Waals surface area contributed by atoms with Crippen LogP contribution in [0.1, 0.15) is 33.3 Å². The number of thioether (sulfide) groups is 2. The summed E-state index contributed by atoms with van der Waals surface area (Å²) in [5, 5.41) is 3.78. The van der Waals surface area contributed by atoms with Crippen molar-refractivity contribution in [3.05, 3.63) is 35.9 Å². The van der Waals surface area contributed by atoms with E-state index >= 15 is 0 Å². The van der Waals surface area contributed by atoms with E-state index < -0.39 is 30.3 Å². The van der Waals surface area contributed by atoms with Crippen LogP contribution >= 0.6 is 23.5 Å². The Labute approximate surface area is 187 Å². The fourth-order valence-electron chi connectivity index (χ4n) is 2.67. The normalized spacial score (nSPS) is 14.3. The van der Waals surface area contributed by atoms with Gasteiger partial charge in [0.25, 0.3) is 0 Å². The first-order chi connectivity index (χ1) is 14.4. The van der Waals surface area contributed by atoms with Gasteiger partial charge < -0.3 is 19.0 Å². The quantitative estimate of drug-likeness (QED) is 0.180. The Balaban J connectivity index is 3.30. The molecule has 168 valence electrons. The van der Waals surface area contributed by atoms with E-state index in [2.05, 4.69) is 5.16 Å². The molecule has 0 heterocycles. The van der Waals surface area contributed by atoms with Crippen molar-refractivity contribution in [3.8, 4) is 0 Å². The maximum Gasteiger partial charge on any atom is 0.303 e. The van der Waals surface area contributed by atoms with Crippen LogP contribution in [0.3, 0.4) is 0 Å². The molecule has 0 N–H and O–H groups in total. The predicted octanol–water partition coefficient (Wildman–Crippen LogP) is 3.90. The van der Waals surface area contributed by atoms with Gasteiger partial charge in [-0.2, -0.15) is 0 Å². The first-order valence-corrected chi connectivity index (χ1v) is 11.8. The molecule has 0 aliphatic heterocycles. The van der Waals surface area contributed by atoms with Gasteiger partial charge in [0.05, 0.1) is 17.4 Å². The molecule has 1 aromatic carbocycles. The average molecular weight is 458 g/mol. The van der Waals surface area contributed by atoms with Crippen LogP contribution in [0.5, 0.6) is 0 Å². The molecule has 0 fully saturated rings. The lowest BCUT2D eigenvalue weighted by molar-refractivity contribution is -0.167. The highest BCUT2D eigenvalue weighted by Crippen LogP contribution is 2.33. The monoisotopic (exact) mass is 457 g/mol. The third kappa shape index (κ3) is 9.86. The second-order valence-electron chi connectivity index (χ2n) is 6.13. The minimum Gasteiger partial charge on any atom is -0.458 e. The third-order valence-corrected chi connectivity index (χ3v) is 6.46. The first-order valence-electron chi connectivity index (χ1n) is 9.72. The van der Waals surface area contributed by atoms with E-state index in [0.717, 1.165) is 17.1 Å². The molecule has 0 radical (unpaired) electrons. The molecular formula is C21H31NO6S2. The van der Waals surface area contributed by atoms with E-state index in [0.29, 0.717) is 0 Å². The maximum absolute atomic E-state index is 11.9. The lowest BCUT2D eigenvalue weighted by Crippen LogP contribution is -2.49. The number of rotatable bonds is 14. The summed E-state index contributed by atoms with van der Waals surface area (Å²) in [4.78, 5) is 28.5. The molecule has 0 spiro atoms. The maximum atomic E-state index is 11.9. The molecule has 3 atom stereocenters. The number of nitrogens with zero attached hydrogens (tertiary/aromatic N) is 1. The van der Waals surface area contributed by atoms with Crippen LogP contribution in [-0.4, -0.2) is 59.7 Å². The lowest BCUT2D eigenvalue weighted by atomic mass is 10.1. The molecule has 1 rings (SSSR count). The van der Waals surface area contributed by atoms with Crippen LogP contribution in [-0.2, 0) is 35.2 Å². The van der Waals surface area contributed by atoms with Crippen LogP contribution in [0.4, 0.5) is 0 Å². The number of benzene rings is 1. The van der Waals surface area contributed by atoms with E-state index in [1.165, 1.54) is 27.2 Å². The molecule has 7 nitrogen and oxygen atoms in total. The lowest BCUT2D eigenvalue weighted by Gasteiger charge is -2.34. The fourth-order valence-corrected chi connectivity index (χ4v) is 5.33. The Morgan fingerprint density at radius 1 is 1.00 bits per heavy atom. The molecule has 0 aromatic heterocycles. The van der Waals surface area contributed by atoms with E-state index in [9.17, 15) is 9.59 Å². The smallest absolute Gasteiger partial charge is 0.303 e. The highest BCUT2D eigenvalue weighted by Gasteiger charge is 2.40. The number of hydrogen-bond acceptors (Lipinski definition) is 9. The zero-order chi connectivity index (χ0) is 22.4. The molecule has 0 saturated heterocycles. The molecular weight excluding hydrogens is 426 g/mol. The molecule has 0 amide bonds. The summed E-state index contributed by atoms with van der Waals surface area (Å²) in [5.74, 6) is 0.716. The van der Waals surface area contributed by atoms with Gasteiger partial charge in [-0.1, -0.05) is 49.3 Å². The highest BCUT2D eigenvalue weighted by molar-refractivity contribution is 8.17. The van der Waals surface area contributed by atoms with Crippen molar-refractivity contribution in [2.45, 2.75) is 57.2 Å². The summed E-state index contributed by atoms with van der Waals surface area (Å²) < 4.78 is 17.3. The van der Waals surface area contributed by atoms with E-state index in [1.54, 1.807) is 23.5 Å². The number of hydrogen-bond donors (Lipinski definition) is 0. The minimum absolute atomic E-state index is 0.112. The van der Waals surface area contributed by atoms with Gasteiger partial charge in [0.1, 0.15) is 13.2 Å². The van der Waals surface area contributed by atoms with Gasteiger partial charge in [-0.3, -0.25) is 9.59 Å². The van der Waals surface area contributed by atoms with Gasteiger partial charge in [0.15, 0.2) is 12.2 Å². The Morgan fingerprint density at radius 2 is 1.60 bits per heavy atom. The fraction of sp³-hybridized carbons (Fsp3) is 0.571. The van der Waals surface area contributed by atoms with Crippen LogP contribution in [0.15, 0.2) is 35.5 Å². The number of carbonyl (C=O) groups excluding carboxylic acids is 2. The van der Waals surface area contributed by atoms with Gasteiger partial charge in [0, 0.05) is 13.8 Å². The summed E-state index contributed by atoms with van der Waals surface area (Å²) in [7, 11) is 1.40. The number of oxime groups is 1. The second-order valence-corrected chi connectivity index (χ2v) is 9.26. The number of esters is 2. The van der Waals surface area contributed by atoms with Crippen molar-refractivity contribution >= 4 is 41.7 Å². The largest absolute Gasteiger partial charge is 0.458 e. The Kier molecular flexibility index (Phi) is 13.3. The first kappa shape index (κ1) is 26.3. The molecule has 0 aliphatic rings. The van der Waals surface area contributed by atoms with E-state index in [1.807, 2.05) is 44.2 Å². The zero-order valence-electron chi connectivity index (χ0n) is 18.1. The van der Waals surface area contributed by atoms with Crippen LogP contribution in [0.25, 0.3) is 0 Å². The summed E-state index contributed by atoms with van der Waals surface area (Å²) in [5.41, 5.74) is 0.942. The van der Waals surface area contributed by atoms with Gasteiger partial charge in [-0.25, -0.2) is 0 Å². The van der Waals surface area contributed by atoms with Crippen molar-refractivity contribution in [2.24, 2.45) is 5.16 Å². The van der Waals surface area contributed by atoms with E-state index in [-0.39, 0.29) is 11.2 Å². The minimum atomic E-state index is -0.895. The van der Waals surface area contributed by atoms with Crippen molar-refractivity contribution in [1.29, 1.82) is 0 Å². The summed E-state index contributed by atoms with van der Waals surface area (Å²) in [6.07, 6.45) is -0.987. The highest BCUT2D eigenvalue weighted by atomic mass is 32.2. The molecule has 0 aliphatic carbocycles. The summed E-state index contributed by atoms with van der Waals surface area (Å²) in [6, 6.07) is 9.61. The van der Waals surface area contributed by atoms with Gasteiger partial charge in [-0.15, -0.1) is 23.5 Å². The second kappa shape index (κ2) is 15.1. The van der Waals surface area contributed by atoms with Crippen LogP contribution in [0, 0.1) is 0 Å². The van der Waals surface area contributed by atoms with E-state index in [4.69, 9.17) is 19.0 Å². The molecule has 0 bridgehead atoms. The standard InChI is InChI=1S/C21H31NO6S2/c1-6-29-21(30-7-2)20(28-16(4)24)19(18(13-22-25-5)27-15(3)23)26-14-17-11-9-8-10-12-17/h8-13,18-21H,6-7,14H2,1-5H3/b22-13+/t18-,19-,20-/m1/s1.